The van der Waals surface area contributed by atoms with Crippen LogP contribution < -0.4 is 5.32 Å². The lowest BCUT2D eigenvalue weighted by Crippen LogP contribution is -2.52. The third kappa shape index (κ3) is 4.84. The number of carbonyl (C=O) groups is 1. The van der Waals surface area contributed by atoms with Gasteiger partial charge in [0.15, 0.2) is 0 Å². The molecule has 0 bridgehead atoms. The number of rotatable bonds is 5. The van der Waals surface area contributed by atoms with E-state index in [-0.39, 0.29) is 18.7 Å². The molecule has 0 radical (unpaired) electrons. The van der Waals surface area contributed by atoms with Crippen molar-refractivity contribution in [3.05, 3.63) is 65.0 Å². The van der Waals surface area contributed by atoms with Gasteiger partial charge in [-0.15, -0.1) is 0 Å². The van der Waals surface area contributed by atoms with E-state index in [9.17, 15) is 4.79 Å². The molecule has 0 spiro atoms. The fourth-order valence-electron chi connectivity index (χ4n) is 3.57. The quantitative estimate of drug-likeness (QED) is 0.848. The van der Waals surface area contributed by atoms with E-state index in [0.29, 0.717) is 19.6 Å². The van der Waals surface area contributed by atoms with E-state index in [4.69, 9.17) is 5.11 Å². The van der Waals surface area contributed by atoms with Crippen LogP contribution >= 0.6 is 0 Å². The third-order valence-electron chi connectivity index (χ3n) is 5.10. The maximum Gasteiger partial charge on any atom is 0.318 e. The Morgan fingerprint density at radius 2 is 2.00 bits per heavy atom. The number of nitrogens with zero attached hydrogens (tertiary/aromatic N) is 3. The fraction of sp³-hybridized carbons (Fsp3) is 0.429. The highest BCUT2D eigenvalue weighted by Crippen LogP contribution is 2.25. The Morgan fingerprint density at radius 3 is 2.63 bits per heavy atom. The molecule has 0 saturated carbocycles. The molecule has 3 rings (SSSR count). The SMILES string of the molecule is Cc1ccc(C(NC(=O)N2CCN(CCO)CC2)c2cccnc2)c(C)c1. The molecule has 1 aliphatic rings. The molecule has 1 unspecified atom stereocenters. The Hall–Kier alpha value is -2.44. The maximum absolute atomic E-state index is 12.9. The molecule has 2 amide bonds. The number of hydrogen-bond acceptors (Lipinski definition) is 4. The molecule has 2 N–H and O–H groups in total. The lowest BCUT2D eigenvalue weighted by molar-refractivity contribution is 0.121. The van der Waals surface area contributed by atoms with Crippen LogP contribution in [0.1, 0.15) is 28.3 Å². The second-order valence-corrected chi connectivity index (χ2v) is 7.08. The Morgan fingerprint density at radius 1 is 1.22 bits per heavy atom. The van der Waals surface area contributed by atoms with Crippen LogP contribution in [0.4, 0.5) is 4.79 Å². The summed E-state index contributed by atoms with van der Waals surface area (Å²) in [6.45, 7) is 7.87. The molecule has 1 aromatic heterocycles. The third-order valence-corrected chi connectivity index (χ3v) is 5.10. The van der Waals surface area contributed by atoms with Gasteiger partial charge < -0.3 is 15.3 Å². The number of benzene rings is 1. The van der Waals surface area contributed by atoms with Crippen LogP contribution in [-0.2, 0) is 0 Å². The van der Waals surface area contributed by atoms with Crippen LogP contribution in [0, 0.1) is 13.8 Å². The van der Waals surface area contributed by atoms with Gasteiger partial charge in [0.25, 0.3) is 0 Å². The minimum atomic E-state index is -0.234. The zero-order valence-corrected chi connectivity index (χ0v) is 16.1. The van der Waals surface area contributed by atoms with Crippen LogP contribution in [-0.4, -0.2) is 65.3 Å². The lowest BCUT2D eigenvalue weighted by Gasteiger charge is -2.35. The molecule has 144 valence electrons. The summed E-state index contributed by atoms with van der Waals surface area (Å²) in [6, 6.07) is 9.89. The van der Waals surface area contributed by atoms with E-state index in [0.717, 1.165) is 29.8 Å². The Bertz CT molecular complexity index is 758. The summed E-state index contributed by atoms with van der Waals surface area (Å²) in [5, 5.41) is 12.3. The van der Waals surface area contributed by atoms with Crippen molar-refractivity contribution in [2.45, 2.75) is 19.9 Å². The molecule has 1 aliphatic heterocycles. The number of aromatic nitrogens is 1. The van der Waals surface area contributed by atoms with Crippen molar-refractivity contribution in [3.63, 3.8) is 0 Å². The van der Waals surface area contributed by atoms with E-state index in [1.807, 2.05) is 23.2 Å². The maximum atomic E-state index is 12.9. The molecule has 6 heteroatoms. The Kier molecular flexibility index (Phi) is 6.42. The molecule has 6 nitrogen and oxygen atoms in total. The van der Waals surface area contributed by atoms with Crippen molar-refractivity contribution in [2.75, 3.05) is 39.3 Å². The van der Waals surface area contributed by atoms with Gasteiger partial charge in [-0.3, -0.25) is 9.88 Å². The predicted molar refractivity (Wildman–Crippen MR) is 106 cm³/mol. The zero-order valence-electron chi connectivity index (χ0n) is 16.1. The Balaban J connectivity index is 1.77. The number of aliphatic hydroxyl groups excluding tert-OH is 1. The zero-order chi connectivity index (χ0) is 19.2. The number of β-amino-alcohol motifs (C(OH)–C–C–N with tert-alkyl or cyclic N) is 1. The fourth-order valence-corrected chi connectivity index (χ4v) is 3.57. The number of aliphatic hydroxyl groups is 1. The molecular weight excluding hydrogens is 340 g/mol. The molecule has 2 aromatic rings. The van der Waals surface area contributed by atoms with Gasteiger partial charge in [-0.2, -0.15) is 0 Å². The molecule has 1 saturated heterocycles. The van der Waals surface area contributed by atoms with Gasteiger partial charge in [0, 0.05) is 45.1 Å². The first-order chi connectivity index (χ1) is 13.1. The highest BCUT2D eigenvalue weighted by Gasteiger charge is 2.25. The first kappa shape index (κ1) is 19.3. The van der Waals surface area contributed by atoms with Crippen molar-refractivity contribution in [3.8, 4) is 0 Å². The van der Waals surface area contributed by atoms with Crippen molar-refractivity contribution < 1.29 is 9.90 Å². The normalized spacial score (nSPS) is 16.2. The summed E-state index contributed by atoms with van der Waals surface area (Å²) >= 11 is 0. The number of hydrogen-bond donors (Lipinski definition) is 2. The highest BCUT2D eigenvalue weighted by molar-refractivity contribution is 5.75. The Labute approximate surface area is 160 Å². The number of nitrogens with one attached hydrogen (secondary N) is 1. The number of pyridine rings is 1. The highest BCUT2D eigenvalue weighted by atomic mass is 16.3. The second kappa shape index (κ2) is 8.97. The van der Waals surface area contributed by atoms with Crippen molar-refractivity contribution in [1.82, 2.24) is 20.1 Å². The average molecular weight is 368 g/mol. The van der Waals surface area contributed by atoms with E-state index < -0.39 is 0 Å². The van der Waals surface area contributed by atoms with Gasteiger partial charge in [-0.1, -0.05) is 29.8 Å². The van der Waals surface area contributed by atoms with E-state index in [1.54, 1.807) is 6.20 Å². The molecule has 1 aromatic carbocycles. The standard InChI is InChI=1S/C21H28N4O2/c1-16-5-6-19(17(2)14-16)20(18-4-3-7-22-15-18)23-21(27)25-10-8-24(9-11-25)12-13-26/h3-7,14-15,20,26H,8-13H2,1-2H3,(H,23,27). The van der Waals surface area contributed by atoms with Gasteiger partial charge in [-0.05, 0) is 36.6 Å². The first-order valence-electron chi connectivity index (χ1n) is 9.44. The molecule has 1 fully saturated rings. The lowest BCUT2D eigenvalue weighted by atomic mass is 9.95. The number of carbonyl (C=O) groups excluding carboxylic acids is 1. The number of urea groups is 1. The monoisotopic (exact) mass is 368 g/mol. The summed E-state index contributed by atoms with van der Waals surface area (Å²) in [6.07, 6.45) is 3.55. The number of piperazine rings is 1. The summed E-state index contributed by atoms with van der Waals surface area (Å²) in [5.74, 6) is 0. The van der Waals surface area contributed by atoms with Gasteiger partial charge in [0.2, 0.25) is 0 Å². The molecule has 27 heavy (non-hydrogen) atoms. The van der Waals surface area contributed by atoms with Crippen molar-refractivity contribution in [2.24, 2.45) is 0 Å². The van der Waals surface area contributed by atoms with Gasteiger partial charge in [0.1, 0.15) is 0 Å². The predicted octanol–water partition coefficient (Wildman–Crippen LogP) is 2.11. The van der Waals surface area contributed by atoms with E-state index in [2.05, 4.69) is 47.2 Å². The minimum Gasteiger partial charge on any atom is -0.395 e. The van der Waals surface area contributed by atoms with Crippen molar-refractivity contribution in [1.29, 1.82) is 0 Å². The summed E-state index contributed by atoms with van der Waals surface area (Å²) in [7, 11) is 0. The molecular formula is C21H28N4O2. The molecule has 2 heterocycles. The van der Waals surface area contributed by atoms with Gasteiger partial charge in [0.05, 0.1) is 12.6 Å². The molecule has 0 aliphatic carbocycles. The first-order valence-corrected chi connectivity index (χ1v) is 9.44. The topological polar surface area (TPSA) is 68.7 Å². The van der Waals surface area contributed by atoms with Crippen LogP contribution in [0.3, 0.4) is 0 Å². The number of aryl methyl sites for hydroxylation is 2. The van der Waals surface area contributed by atoms with E-state index >= 15 is 0 Å². The van der Waals surface area contributed by atoms with E-state index in [1.165, 1.54) is 5.56 Å². The average Bonchev–Trinajstić information content (AvgIpc) is 2.68. The van der Waals surface area contributed by atoms with Crippen LogP contribution in [0.15, 0.2) is 42.7 Å². The van der Waals surface area contributed by atoms with Gasteiger partial charge >= 0.3 is 6.03 Å². The summed E-state index contributed by atoms with van der Waals surface area (Å²) in [4.78, 5) is 21.2. The van der Waals surface area contributed by atoms with Crippen LogP contribution in [0.5, 0.6) is 0 Å². The van der Waals surface area contributed by atoms with Crippen LogP contribution in [0.2, 0.25) is 0 Å². The number of amides is 2. The molecule has 1 atom stereocenters. The summed E-state index contributed by atoms with van der Waals surface area (Å²) in [5.41, 5.74) is 4.40. The minimum absolute atomic E-state index is 0.0625. The largest absolute Gasteiger partial charge is 0.395 e. The summed E-state index contributed by atoms with van der Waals surface area (Å²) < 4.78 is 0. The van der Waals surface area contributed by atoms with Crippen molar-refractivity contribution >= 4 is 6.03 Å². The second-order valence-electron chi connectivity index (χ2n) is 7.08. The van der Waals surface area contributed by atoms with Gasteiger partial charge in [-0.25, -0.2) is 4.79 Å². The smallest absolute Gasteiger partial charge is 0.318 e. The van der Waals surface area contributed by atoms with Crippen LogP contribution in [0.25, 0.3) is 0 Å².